The summed E-state index contributed by atoms with van der Waals surface area (Å²) in [5, 5.41) is 9.38. The second-order valence-electron chi connectivity index (χ2n) is 7.60. The molecule has 0 saturated carbocycles. The highest BCUT2D eigenvalue weighted by Crippen LogP contribution is 2.49. The fraction of sp³-hybridized carbons (Fsp3) is 0.348. The van der Waals surface area contributed by atoms with E-state index in [-0.39, 0.29) is 25.1 Å². The van der Waals surface area contributed by atoms with Crippen LogP contribution in [0.1, 0.15) is 27.4 Å². The van der Waals surface area contributed by atoms with Crippen LogP contribution < -0.4 is 23.7 Å². The zero-order valence-corrected chi connectivity index (χ0v) is 16.8. The monoisotopic (exact) mass is 410 g/mol. The molecule has 2 aromatic rings. The lowest BCUT2D eigenvalue weighted by atomic mass is 9.81. The topological polar surface area (TPSA) is 83.5 Å². The molecule has 7 nitrogen and oxygen atoms in total. The smallest absolute Gasteiger partial charge is 0.178 e. The third-order valence-electron chi connectivity index (χ3n) is 5.98. The summed E-state index contributed by atoms with van der Waals surface area (Å²) in [6.45, 7) is 3.96. The number of fused-ring (bicyclic) bond motifs is 6. The van der Waals surface area contributed by atoms with Gasteiger partial charge >= 0.3 is 0 Å². The van der Waals surface area contributed by atoms with Crippen molar-refractivity contribution in [2.75, 3.05) is 27.4 Å². The quantitative estimate of drug-likeness (QED) is 0.776. The predicted molar refractivity (Wildman–Crippen MR) is 107 cm³/mol. The molecule has 1 N–H and O–H groups in total. The summed E-state index contributed by atoms with van der Waals surface area (Å²) in [6, 6.07) is 7.06. The summed E-state index contributed by atoms with van der Waals surface area (Å²) in [7, 11) is 3.11. The molecule has 0 radical (unpaired) electrons. The van der Waals surface area contributed by atoms with Crippen LogP contribution in [-0.2, 0) is 6.42 Å². The fourth-order valence-corrected chi connectivity index (χ4v) is 4.40. The molecule has 2 aromatic carbocycles. The largest absolute Gasteiger partial charge is 0.493 e. The molecule has 3 aliphatic heterocycles. The third kappa shape index (κ3) is 2.65. The van der Waals surface area contributed by atoms with Crippen molar-refractivity contribution in [1.29, 1.82) is 0 Å². The minimum Gasteiger partial charge on any atom is -0.493 e. The van der Waals surface area contributed by atoms with Gasteiger partial charge in [-0.1, -0.05) is 6.58 Å². The minimum absolute atomic E-state index is 0.0229. The van der Waals surface area contributed by atoms with Crippen LogP contribution in [0.5, 0.6) is 28.7 Å². The zero-order valence-electron chi connectivity index (χ0n) is 16.8. The van der Waals surface area contributed by atoms with Crippen LogP contribution in [0.2, 0.25) is 0 Å². The maximum Gasteiger partial charge on any atom is 0.178 e. The molecular formula is C23H22O7. The molecular weight excluding hydrogens is 388 g/mol. The molecule has 0 bridgehead atoms. The van der Waals surface area contributed by atoms with Gasteiger partial charge in [0.2, 0.25) is 0 Å². The summed E-state index contributed by atoms with van der Waals surface area (Å²) >= 11 is 0. The molecule has 0 fully saturated rings. The van der Waals surface area contributed by atoms with Gasteiger partial charge in [-0.3, -0.25) is 4.79 Å². The molecule has 156 valence electrons. The molecule has 3 aliphatic rings. The van der Waals surface area contributed by atoms with E-state index in [1.54, 1.807) is 38.5 Å². The first-order valence-corrected chi connectivity index (χ1v) is 9.76. The van der Waals surface area contributed by atoms with Gasteiger partial charge in [-0.15, -0.1) is 0 Å². The number of Topliss-reactive ketones (excluding diaryl/α,β-unsaturated/α-hetero) is 1. The molecule has 0 saturated heterocycles. The highest BCUT2D eigenvalue weighted by molar-refractivity contribution is 6.06. The van der Waals surface area contributed by atoms with Crippen LogP contribution in [0.4, 0.5) is 0 Å². The lowest BCUT2D eigenvalue weighted by Gasteiger charge is -2.37. The van der Waals surface area contributed by atoms with Crippen LogP contribution >= 0.6 is 0 Å². The number of benzene rings is 2. The number of aliphatic hydroxyl groups is 1. The Labute approximate surface area is 173 Å². The third-order valence-corrected chi connectivity index (χ3v) is 5.98. The fourth-order valence-electron chi connectivity index (χ4n) is 4.40. The van der Waals surface area contributed by atoms with Crippen molar-refractivity contribution >= 4 is 5.78 Å². The van der Waals surface area contributed by atoms with Crippen molar-refractivity contribution in [3.8, 4) is 28.7 Å². The number of rotatable bonds is 4. The first kappa shape index (κ1) is 18.8. The zero-order chi connectivity index (χ0) is 21.0. The molecule has 0 aromatic heterocycles. The molecule has 0 spiro atoms. The van der Waals surface area contributed by atoms with Gasteiger partial charge in [0, 0.05) is 23.6 Å². The maximum absolute atomic E-state index is 13.5. The van der Waals surface area contributed by atoms with E-state index in [2.05, 4.69) is 6.58 Å². The Bertz CT molecular complexity index is 1060. The van der Waals surface area contributed by atoms with E-state index in [0.29, 0.717) is 46.3 Å². The average Bonchev–Trinajstić information content (AvgIpc) is 3.22. The van der Waals surface area contributed by atoms with Crippen molar-refractivity contribution in [2.24, 2.45) is 0 Å². The lowest BCUT2D eigenvalue weighted by Crippen LogP contribution is -2.43. The highest BCUT2D eigenvalue weighted by Gasteiger charge is 2.45. The summed E-state index contributed by atoms with van der Waals surface area (Å²) in [6.07, 6.45) is -0.277. The maximum atomic E-state index is 13.5. The SMILES string of the molecule is C=C(CO)[C@@H]1Cc2c(ccc3c2O[C@H]2COc4cc(OC)c(OC)cc4[C@@H]2C3=O)O1. The van der Waals surface area contributed by atoms with E-state index >= 15 is 0 Å². The molecule has 0 aliphatic carbocycles. The van der Waals surface area contributed by atoms with Crippen molar-refractivity contribution in [3.05, 3.63) is 53.1 Å². The number of carbonyl (C=O) groups excluding carboxylic acids is 1. The second-order valence-corrected chi connectivity index (χ2v) is 7.60. The van der Waals surface area contributed by atoms with Gasteiger partial charge in [-0.25, -0.2) is 0 Å². The van der Waals surface area contributed by atoms with Gasteiger partial charge in [-0.05, 0) is 23.8 Å². The van der Waals surface area contributed by atoms with Crippen molar-refractivity contribution in [3.63, 3.8) is 0 Å². The molecule has 3 heterocycles. The van der Waals surface area contributed by atoms with E-state index in [1.807, 2.05) is 0 Å². The van der Waals surface area contributed by atoms with Gasteiger partial charge in [0.25, 0.3) is 0 Å². The number of hydrogen-bond donors (Lipinski definition) is 1. The number of aliphatic hydroxyl groups excluding tert-OH is 1. The predicted octanol–water partition coefficient (Wildman–Crippen LogP) is 2.68. The van der Waals surface area contributed by atoms with E-state index in [1.165, 1.54) is 0 Å². The molecule has 30 heavy (non-hydrogen) atoms. The Morgan fingerprint density at radius 3 is 2.67 bits per heavy atom. The second kappa shape index (κ2) is 6.95. The average molecular weight is 410 g/mol. The first-order valence-electron chi connectivity index (χ1n) is 9.76. The lowest BCUT2D eigenvalue weighted by molar-refractivity contribution is 0.0554. The summed E-state index contributed by atoms with van der Waals surface area (Å²) in [5.74, 6) is 2.35. The van der Waals surface area contributed by atoms with Crippen LogP contribution in [0, 0.1) is 0 Å². The normalized spacial score (nSPS) is 23.0. The molecule has 5 rings (SSSR count). The summed E-state index contributed by atoms with van der Waals surface area (Å²) < 4.78 is 28.9. The minimum atomic E-state index is -0.496. The first-order chi connectivity index (χ1) is 14.5. The van der Waals surface area contributed by atoms with Crippen LogP contribution in [-0.4, -0.2) is 50.5 Å². The van der Waals surface area contributed by atoms with Crippen LogP contribution in [0.3, 0.4) is 0 Å². The Kier molecular flexibility index (Phi) is 4.36. The highest BCUT2D eigenvalue weighted by atomic mass is 16.5. The number of methoxy groups -OCH3 is 2. The Morgan fingerprint density at radius 1 is 1.17 bits per heavy atom. The standard InChI is InChI=1S/C23H22O7/c1-11(9-24)16-7-14-15(29-16)5-4-12-22(25)21-13-6-18(26-2)19(27-3)8-17(13)28-10-20(21)30-23(12)14/h4-6,8,16,20-21,24H,1,7,9-10H2,2-3H3/t16-,20-,21-/m0/s1. The summed E-state index contributed by atoms with van der Waals surface area (Å²) in [4.78, 5) is 13.5. The van der Waals surface area contributed by atoms with E-state index in [4.69, 9.17) is 23.7 Å². The van der Waals surface area contributed by atoms with Gasteiger partial charge in [0.05, 0.1) is 32.3 Å². The number of hydrogen-bond acceptors (Lipinski definition) is 7. The van der Waals surface area contributed by atoms with Crippen molar-refractivity contribution in [2.45, 2.75) is 24.5 Å². The Balaban J connectivity index is 1.56. The van der Waals surface area contributed by atoms with Crippen molar-refractivity contribution < 1.29 is 33.6 Å². The Hall–Kier alpha value is -3.19. The van der Waals surface area contributed by atoms with E-state index in [0.717, 1.165) is 11.1 Å². The number of ether oxygens (including phenoxy) is 5. The van der Waals surface area contributed by atoms with E-state index < -0.39 is 12.0 Å². The molecule has 7 heteroatoms. The van der Waals surface area contributed by atoms with Gasteiger partial charge < -0.3 is 28.8 Å². The summed E-state index contributed by atoms with van der Waals surface area (Å²) in [5.41, 5.74) is 2.67. The van der Waals surface area contributed by atoms with Crippen LogP contribution in [0.15, 0.2) is 36.4 Å². The van der Waals surface area contributed by atoms with Gasteiger partial charge in [-0.2, -0.15) is 0 Å². The van der Waals surface area contributed by atoms with Gasteiger partial charge in [0.1, 0.15) is 36.1 Å². The van der Waals surface area contributed by atoms with E-state index in [9.17, 15) is 9.90 Å². The van der Waals surface area contributed by atoms with Gasteiger partial charge in [0.15, 0.2) is 17.3 Å². The number of carbonyl (C=O) groups is 1. The number of ketones is 1. The van der Waals surface area contributed by atoms with Crippen LogP contribution in [0.25, 0.3) is 0 Å². The molecule has 3 atom stereocenters. The molecule has 0 unspecified atom stereocenters. The molecule has 0 amide bonds. The Morgan fingerprint density at radius 2 is 1.93 bits per heavy atom. The van der Waals surface area contributed by atoms with Crippen molar-refractivity contribution in [1.82, 2.24) is 0 Å².